The molecule has 32 heavy (non-hydrogen) atoms. The number of benzene rings is 2. The van der Waals surface area contributed by atoms with E-state index in [1.807, 2.05) is 0 Å². The summed E-state index contributed by atoms with van der Waals surface area (Å²) in [4.78, 5) is 31.0. The minimum Gasteiger partial charge on any atom is -0.507 e. The number of pyridine rings is 1. The Morgan fingerprint density at radius 2 is 1.78 bits per heavy atom. The van der Waals surface area contributed by atoms with Crippen molar-refractivity contribution >= 4 is 39.1 Å². The third-order valence-corrected chi connectivity index (χ3v) is 5.69. The second-order valence-corrected chi connectivity index (χ2v) is 7.75. The van der Waals surface area contributed by atoms with Gasteiger partial charge >= 0.3 is 0 Å². The molecule has 1 saturated heterocycles. The van der Waals surface area contributed by atoms with E-state index in [0.717, 1.165) is 17.0 Å². The highest BCUT2D eigenvalue weighted by Crippen LogP contribution is 2.42. The maximum atomic E-state index is 13.9. The smallest absolute Gasteiger partial charge is 0.300 e. The number of amides is 1. The lowest BCUT2D eigenvalue weighted by Crippen LogP contribution is -2.29. The maximum Gasteiger partial charge on any atom is 0.300 e. The molecule has 1 N–H and O–H groups in total. The van der Waals surface area contributed by atoms with Crippen molar-refractivity contribution in [2.45, 2.75) is 6.04 Å². The Balaban J connectivity index is 1.94. The molecule has 0 spiro atoms. The van der Waals surface area contributed by atoms with E-state index < -0.39 is 35.1 Å². The maximum absolute atomic E-state index is 13.9. The topological polar surface area (TPSA) is 79.7 Å². The zero-order valence-electron chi connectivity index (χ0n) is 16.6. The number of carbonyl (C=O) groups is 2. The van der Waals surface area contributed by atoms with Crippen molar-refractivity contribution in [1.82, 2.24) is 4.98 Å². The van der Waals surface area contributed by atoms with Gasteiger partial charge in [-0.2, -0.15) is 0 Å². The van der Waals surface area contributed by atoms with Crippen molar-refractivity contribution in [2.75, 3.05) is 12.0 Å². The first-order valence-corrected chi connectivity index (χ1v) is 10.1. The fourth-order valence-electron chi connectivity index (χ4n) is 3.56. The van der Waals surface area contributed by atoms with E-state index in [2.05, 4.69) is 20.9 Å². The van der Waals surface area contributed by atoms with Crippen LogP contribution in [-0.4, -0.2) is 28.9 Å². The van der Waals surface area contributed by atoms with Crippen molar-refractivity contribution in [3.8, 4) is 5.75 Å². The van der Waals surface area contributed by atoms with Crippen LogP contribution >= 0.6 is 15.9 Å². The summed E-state index contributed by atoms with van der Waals surface area (Å²) in [7, 11) is 1.48. The molecule has 9 heteroatoms. The van der Waals surface area contributed by atoms with E-state index in [-0.39, 0.29) is 16.8 Å². The van der Waals surface area contributed by atoms with Crippen LogP contribution in [0.4, 0.5) is 14.5 Å². The van der Waals surface area contributed by atoms with Crippen LogP contribution in [0.25, 0.3) is 5.76 Å². The molecule has 0 saturated carbocycles. The molecule has 1 aromatic heterocycles. The predicted molar refractivity (Wildman–Crippen MR) is 116 cm³/mol. The zero-order chi connectivity index (χ0) is 23.0. The number of Topliss-reactive ketones (excluding diaryl/α,β-unsaturated/α-hetero) is 1. The Bertz CT molecular complexity index is 1260. The lowest BCUT2D eigenvalue weighted by molar-refractivity contribution is -0.132. The molecule has 0 aliphatic carbocycles. The van der Waals surface area contributed by atoms with E-state index in [1.165, 1.54) is 31.6 Å². The highest BCUT2D eigenvalue weighted by Gasteiger charge is 2.47. The van der Waals surface area contributed by atoms with Crippen LogP contribution in [0.1, 0.15) is 17.2 Å². The fraction of sp³-hybridized carbons (Fsp3) is 0.0870. The van der Waals surface area contributed by atoms with Crippen LogP contribution < -0.4 is 9.64 Å². The first kappa shape index (κ1) is 21.6. The van der Waals surface area contributed by atoms with Crippen molar-refractivity contribution in [1.29, 1.82) is 0 Å². The Labute approximate surface area is 189 Å². The average molecular weight is 501 g/mol. The number of anilines is 1. The molecule has 0 bridgehead atoms. The lowest BCUT2D eigenvalue weighted by Gasteiger charge is -2.25. The summed E-state index contributed by atoms with van der Waals surface area (Å²) >= 11 is 3.33. The second-order valence-electron chi connectivity index (χ2n) is 6.90. The molecular formula is C23H15BrF2N2O4. The molecule has 1 fully saturated rings. The number of aromatic nitrogens is 1. The van der Waals surface area contributed by atoms with Gasteiger partial charge in [-0.05, 0) is 64.0 Å². The minimum atomic E-state index is -1.17. The highest BCUT2D eigenvalue weighted by molar-refractivity contribution is 9.10. The molecule has 6 nitrogen and oxygen atoms in total. The van der Waals surface area contributed by atoms with E-state index in [9.17, 15) is 23.5 Å². The number of methoxy groups -OCH3 is 1. The third-order valence-electron chi connectivity index (χ3n) is 5.07. The summed E-state index contributed by atoms with van der Waals surface area (Å²) in [6, 6.07) is 9.63. The SMILES string of the molecule is COc1ccc(/C(O)=C2\C(=O)C(=O)N(c3ccc(F)c(F)c3)C2c2ccncc2)cc1Br. The summed E-state index contributed by atoms with van der Waals surface area (Å²) < 4.78 is 33.1. The summed E-state index contributed by atoms with van der Waals surface area (Å²) in [6.07, 6.45) is 2.93. The Morgan fingerprint density at radius 3 is 2.41 bits per heavy atom. The third kappa shape index (κ3) is 3.64. The van der Waals surface area contributed by atoms with E-state index in [4.69, 9.17) is 4.74 Å². The Hall–Kier alpha value is -3.59. The first-order valence-electron chi connectivity index (χ1n) is 9.33. The van der Waals surface area contributed by atoms with Crippen LogP contribution in [0.3, 0.4) is 0 Å². The van der Waals surface area contributed by atoms with Gasteiger partial charge in [-0.3, -0.25) is 19.5 Å². The van der Waals surface area contributed by atoms with Gasteiger partial charge in [0.25, 0.3) is 11.7 Å². The highest BCUT2D eigenvalue weighted by atomic mass is 79.9. The van der Waals surface area contributed by atoms with Gasteiger partial charge < -0.3 is 9.84 Å². The standard InChI is InChI=1S/C23H15BrF2N2O4/c1-32-18-5-2-13(10-15(18)24)21(29)19-20(12-6-8-27-9-7-12)28(23(31)22(19)30)14-3-4-16(25)17(26)11-14/h2-11,20,29H,1H3/b21-19+. The normalized spacial score (nSPS) is 17.6. The Kier molecular flexibility index (Phi) is 5.75. The first-order chi connectivity index (χ1) is 15.3. The quantitative estimate of drug-likeness (QED) is 0.317. The van der Waals surface area contributed by atoms with Crippen molar-refractivity contribution < 1.29 is 28.2 Å². The van der Waals surface area contributed by atoms with Gasteiger partial charge in [-0.1, -0.05) is 0 Å². The number of carbonyl (C=O) groups excluding carboxylic acids is 2. The number of ether oxygens (including phenoxy) is 1. The van der Waals surface area contributed by atoms with Gasteiger partial charge in [0.1, 0.15) is 11.5 Å². The molecule has 4 rings (SSSR count). The van der Waals surface area contributed by atoms with Crippen LogP contribution in [0.2, 0.25) is 0 Å². The molecule has 1 atom stereocenters. The summed E-state index contributed by atoms with van der Waals surface area (Å²) in [5.74, 6) is -4.10. The molecular weight excluding hydrogens is 486 g/mol. The lowest BCUT2D eigenvalue weighted by atomic mass is 9.95. The van der Waals surface area contributed by atoms with Crippen LogP contribution in [-0.2, 0) is 9.59 Å². The number of ketones is 1. The van der Waals surface area contributed by atoms with Crippen molar-refractivity contribution in [2.24, 2.45) is 0 Å². The molecule has 3 aromatic rings. The summed E-state index contributed by atoms with van der Waals surface area (Å²) in [5, 5.41) is 11.1. The zero-order valence-corrected chi connectivity index (χ0v) is 18.1. The number of hydrogen-bond donors (Lipinski definition) is 1. The number of nitrogens with zero attached hydrogens (tertiary/aromatic N) is 2. The summed E-state index contributed by atoms with van der Waals surface area (Å²) in [6.45, 7) is 0. The molecule has 1 aliphatic heterocycles. The van der Waals surface area contributed by atoms with Gasteiger partial charge in [0.2, 0.25) is 0 Å². The molecule has 1 amide bonds. The van der Waals surface area contributed by atoms with Crippen molar-refractivity contribution in [3.05, 3.63) is 93.7 Å². The molecule has 2 heterocycles. The van der Waals surface area contributed by atoms with Crippen LogP contribution in [0, 0.1) is 11.6 Å². The largest absolute Gasteiger partial charge is 0.507 e. The van der Waals surface area contributed by atoms with E-state index >= 15 is 0 Å². The fourth-order valence-corrected chi connectivity index (χ4v) is 4.10. The minimum absolute atomic E-state index is 0.0252. The second kappa shape index (κ2) is 8.51. The van der Waals surface area contributed by atoms with E-state index in [1.54, 1.807) is 24.3 Å². The average Bonchev–Trinajstić information content (AvgIpc) is 3.06. The Morgan fingerprint density at radius 1 is 1.06 bits per heavy atom. The van der Waals surface area contributed by atoms with Crippen LogP contribution in [0.5, 0.6) is 5.75 Å². The molecule has 2 aromatic carbocycles. The molecule has 162 valence electrons. The number of halogens is 3. The van der Waals surface area contributed by atoms with Gasteiger partial charge in [0.05, 0.1) is 23.2 Å². The predicted octanol–water partition coefficient (Wildman–Crippen LogP) is 4.76. The monoisotopic (exact) mass is 500 g/mol. The van der Waals surface area contributed by atoms with Crippen molar-refractivity contribution in [3.63, 3.8) is 0 Å². The van der Waals surface area contributed by atoms with Gasteiger partial charge in [0, 0.05) is 29.7 Å². The number of hydrogen-bond acceptors (Lipinski definition) is 5. The van der Waals surface area contributed by atoms with E-state index in [0.29, 0.717) is 15.8 Å². The summed E-state index contributed by atoms with van der Waals surface area (Å²) in [5.41, 5.74) is 0.504. The number of aliphatic hydroxyl groups excluding tert-OH is 1. The molecule has 0 radical (unpaired) electrons. The van der Waals surface area contributed by atoms with Crippen LogP contribution in [0.15, 0.2) is 71.0 Å². The van der Waals surface area contributed by atoms with Gasteiger partial charge in [-0.15, -0.1) is 0 Å². The number of rotatable bonds is 4. The number of aliphatic hydroxyl groups is 1. The van der Waals surface area contributed by atoms with Gasteiger partial charge in [-0.25, -0.2) is 8.78 Å². The van der Waals surface area contributed by atoms with Gasteiger partial charge in [0.15, 0.2) is 11.6 Å². The molecule has 1 unspecified atom stereocenters. The molecule has 1 aliphatic rings.